The number of anilines is 2. The molecule has 0 saturated heterocycles. The number of rotatable bonds is 2. The largest absolute Gasteiger partial charge is 0.310 e. The smallest absolute Gasteiger partial charge is 0.231 e. The first-order valence-corrected chi connectivity index (χ1v) is 8.99. The van der Waals surface area contributed by atoms with Gasteiger partial charge in [0.05, 0.1) is 11.2 Å². The number of aromatic nitrogens is 2. The summed E-state index contributed by atoms with van der Waals surface area (Å²) in [5.41, 5.74) is 6.92. The van der Waals surface area contributed by atoms with E-state index in [2.05, 4.69) is 78.6 Å². The average molecular weight is 337 g/mol. The van der Waals surface area contributed by atoms with Crippen LogP contribution in [0, 0.1) is 6.92 Å². The predicted molar refractivity (Wildman–Crippen MR) is 107 cm³/mol. The molecule has 3 nitrogen and oxygen atoms in total. The number of benzene rings is 3. The van der Waals surface area contributed by atoms with Gasteiger partial charge in [-0.1, -0.05) is 60.2 Å². The summed E-state index contributed by atoms with van der Waals surface area (Å²) < 4.78 is 0. The van der Waals surface area contributed by atoms with Crippen molar-refractivity contribution in [1.82, 2.24) is 9.97 Å². The van der Waals surface area contributed by atoms with Crippen molar-refractivity contribution in [2.45, 2.75) is 13.3 Å². The van der Waals surface area contributed by atoms with Crippen molar-refractivity contribution >= 4 is 22.5 Å². The third-order valence-electron chi connectivity index (χ3n) is 5.02. The van der Waals surface area contributed by atoms with Crippen LogP contribution in [0.2, 0.25) is 0 Å². The van der Waals surface area contributed by atoms with Crippen LogP contribution in [0.5, 0.6) is 0 Å². The Morgan fingerprint density at radius 1 is 0.846 bits per heavy atom. The summed E-state index contributed by atoms with van der Waals surface area (Å²) in [6.45, 7) is 3.03. The molecule has 5 rings (SSSR count). The Balaban J connectivity index is 1.75. The van der Waals surface area contributed by atoms with Crippen LogP contribution >= 0.6 is 0 Å². The van der Waals surface area contributed by atoms with Crippen molar-refractivity contribution in [3.63, 3.8) is 0 Å². The fourth-order valence-corrected chi connectivity index (χ4v) is 3.71. The van der Waals surface area contributed by atoms with E-state index >= 15 is 0 Å². The predicted octanol–water partition coefficient (Wildman–Crippen LogP) is 5.30. The SMILES string of the molecule is Cc1ccc2nc(N3CCc4ccccc43)nc(-c3ccccc3)c2c1. The maximum Gasteiger partial charge on any atom is 0.231 e. The van der Waals surface area contributed by atoms with Crippen molar-refractivity contribution < 1.29 is 0 Å². The van der Waals surface area contributed by atoms with Gasteiger partial charge in [-0.25, -0.2) is 9.97 Å². The molecule has 0 fully saturated rings. The van der Waals surface area contributed by atoms with Crippen LogP contribution in [0.4, 0.5) is 11.6 Å². The van der Waals surface area contributed by atoms with Crippen molar-refractivity contribution in [3.05, 3.63) is 83.9 Å². The van der Waals surface area contributed by atoms with Crippen molar-refractivity contribution in [2.24, 2.45) is 0 Å². The summed E-state index contributed by atoms with van der Waals surface area (Å²) in [5.74, 6) is 0.783. The van der Waals surface area contributed by atoms with E-state index in [9.17, 15) is 0 Å². The lowest BCUT2D eigenvalue weighted by atomic mass is 10.0. The zero-order chi connectivity index (χ0) is 17.5. The molecule has 1 aromatic heterocycles. The highest BCUT2D eigenvalue weighted by Gasteiger charge is 2.23. The van der Waals surface area contributed by atoms with Crippen LogP contribution in [0.25, 0.3) is 22.2 Å². The Kier molecular flexibility index (Phi) is 3.45. The van der Waals surface area contributed by atoms with Gasteiger partial charge < -0.3 is 4.90 Å². The summed E-state index contributed by atoms with van der Waals surface area (Å²) in [7, 11) is 0. The summed E-state index contributed by atoms with van der Waals surface area (Å²) >= 11 is 0. The summed E-state index contributed by atoms with van der Waals surface area (Å²) in [6.07, 6.45) is 1.03. The van der Waals surface area contributed by atoms with Gasteiger partial charge in [0.25, 0.3) is 0 Å². The topological polar surface area (TPSA) is 29.0 Å². The van der Waals surface area contributed by atoms with Crippen molar-refractivity contribution in [2.75, 3.05) is 11.4 Å². The van der Waals surface area contributed by atoms with Gasteiger partial charge in [0.1, 0.15) is 0 Å². The molecular formula is C23H19N3. The minimum absolute atomic E-state index is 0.783. The molecular weight excluding hydrogens is 318 g/mol. The molecule has 3 aromatic carbocycles. The molecule has 0 radical (unpaired) electrons. The van der Waals surface area contributed by atoms with E-state index < -0.39 is 0 Å². The van der Waals surface area contributed by atoms with Gasteiger partial charge in [-0.3, -0.25) is 0 Å². The Labute approximate surface area is 153 Å². The number of fused-ring (bicyclic) bond motifs is 2. The molecule has 1 aliphatic rings. The number of aryl methyl sites for hydroxylation is 1. The van der Waals surface area contributed by atoms with Gasteiger partial charge in [-0.05, 0) is 37.1 Å². The highest BCUT2D eigenvalue weighted by Crippen LogP contribution is 2.35. The monoisotopic (exact) mass is 337 g/mol. The Morgan fingerprint density at radius 2 is 1.65 bits per heavy atom. The van der Waals surface area contributed by atoms with Gasteiger partial charge in [0.2, 0.25) is 5.95 Å². The van der Waals surface area contributed by atoms with Crippen LogP contribution in [-0.4, -0.2) is 16.5 Å². The lowest BCUT2D eigenvalue weighted by Gasteiger charge is -2.19. The second kappa shape index (κ2) is 5.95. The lowest BCUT2D eigenvalue weighted by molar-refractivity contribution is 0.950. The molecule has 0 atom stereocenters. The van der Waals surface area contributed by atoms with E-state index in [1.807, 2.05) is 6.07 Å². The zero-order valence-electron chi connectivity index (χ0n) is 14.7. The number of hydrogen-bond acceptors (Lipinski definition) is 3. The van der Waals surface area contributed by atoms with Crippen molar-refractivity contribution in [1.29, 1.82) is 0 Å². The first-order chi connectivity index (χ1) is 12.8. The lowest BCUT2D eigenvalue weighted by Crippen LogP contribution is -2.17. The van der Waals surface area contributed by atoms with Gasteiger partial charge in [0.15, 0.2) is 0 Å². The summed E-state index contributed by atoms with van der Waals surface area (Å²) in [6, 6.07) is 25.3. The Bertz CT molecular complexity index is 1100. The molecule has 0 unspecified atom stereocenters. The van der Waals surface area contributed by atoms with E-state index in [4.69, 9.17) is 9.97 Å². The fourth-order valence-electron chi connectivity index (χ4n) is 3.71. The maximum absolute atomic E-state index is 5.01. The second-order valence-corrected chi connectivity index (χ2v) is 6.79. The zero-order valence-corrected chi connectivity index (χ0v) is 14.7. The summed E-state index contributed by atoms with van der Waals surface area (Å²) in [4.78, 5) is 12.1. The van der Waals surface area contributed by atoms with E-state index in [1.54, 1.807) is 0 Å². The van der Waals surface area contributed by atoms with Gasteiger partial charge in [0, 0.05) is 23.2 Å². The molecule has 0 amide bonds. The highest BCUT2D eigenvalue weighted by atomic mass is 15.3. The second-order valence-electron chi connectivity index (χ2n) is 6.79. The van der Waals surface area contributed by atoms with Gasteiger partial charge in [-0.2, -0.15) is 0 Å². The molecule has 0 spiro atoms. The number of nitrogens with zero attached hydrogens (tertiary/aromatic N) is 3. The Hall–Kier alpha value is -3.20. The minimum atomic E-state index is 0.783. The number of para-hydroxylation sites is 1. The van der Waals surface area contributed by atoms with Gasteiger partial charge in [-0.15, -0.1) is 0 Å². The molecule has 4 aromatic rings. The molecule has 0 N–H and O–H groups in total. The molecule has 1 aliphatic heterocycles. The molecule has 3 heteroatoms. The van der Waals surface area contributed by atoms with Gasteiger partial charge >= 0.3 is 0 Å². The quantitative estimate of drug-likeness (QED) is 0.497. The fraction of sp³-hybridized carbons (Fsp3) is 0.130. The van der Waals surface area contributed by atoms with Crippen LogP contribution in [-0.2, 0) is 6.42 Å². The average Bonchev–Trinajstić information content (AvgIpc) is 3.12. The van der Waals surface area contributed by atoms with Crippen LogP contribution in [0.15, 0.2) is 72.8 Å². The molecule has 0 bridgehead atoms. The first-order valence-electron chi connectivity index (χ1n) is 8.99. The van der Waals surface area contributed by atoms with E-state index in [0.29, 0.717) is 0 Å². The number of hydrogen-bond donors (Lipinski definition) is 0. The van der Waals surface area contributed by atoms with Crippen LogP contribution in [0.3, 0.4) is 0 Å². The summed E-state index contributed by atoms with van der Waals surface area (Å²) in [5, 5.41) is 1.10. The maximum atomic E-state index is 5.01. The highest BCUT2D eigenvalue weighted by molar-refractivity contribution is 5.94. The minimum Gasteiger partial charge on any atom is -0.310 e. The molecule has 0 saturated carbocycles. The van der Waals surface area contributed by atoms with E-state index in [-0.39, 0.29) is 0 Å². The van der Waals surface area contributed by atoms with Crippen LogP contribution < -0.4 is 4.90 Å². The van der Waals surface area contributed by atoms with E-state index in [0.717, 1.165) is 41.1 Å². The molecule has 0 aliphatic carbocycles. The Morgan fingerprint density at radius 3 is 2.54 bits per heavy atom. The normalized spacial score (nSPS) is 13.2. The molecule has 2 heterocycles. The first kappa shape index (κ1) is 15.1. The third-order valence-corrected chi connectivity index (χ3v) is 5.02. The third kappa shape index (κ3) is 2.44. The van der Waals surface area contributed by atoms with E-state index in [1.165, 1.54) is 16.8 Å². The molecule has 126 valence electrons. The van der Waals surface area contributed by atoms with Crippen LogP contribution in [0.1, 0.15) is 11.1 Å². The van der Waals surface area contributed by atoms with Crippen molar-refractivity contribution in [3.8, 4) is 11.3 Å². The standard InChI is InChI=1S/C23H19N3/c1-16-11-12-20-19(15-16)22(18-8-3-2-4-9-18)25-23(24-20)26-14-13-17-7-5-6-10-21(17)26/h2-12,15H,13-14H2,1H3. The molecule has 26 heavy (non-hydrogen) atoms.